The zero-order chi connectivity index (χ0) is 15.6. The van der Waals surface area contributed by atoms with Crippen molar-refractivity contribution in [1.29, 1.82) is 0 Å². The molecule has 1 unspecified atom stereocenters. The smallest absolute Gasteiger partial charge is 0.156 e. The Morgan fingerprint density at radius 2 is 1.95 bits per heavy atom. The maximum atomic E-state index is 14.0. The number of ether oxygens (including phenoxy) is 1. The molecule has 0 amide bonds. The zero-order valence-corrected chi connectivity index (χ0v) is 15.3. The Labute approximate surface area is 144 Å². The summed E-state index contributed by atoms with van der Waals surface area (Å²) >= 11 is 12.7. The van der Waals surface area contributed by atoms with Gasteiger partial charge in [0.05, 0.1) is 23.3 Å². The molecule has 0 aromatic heterocycles. The van der Waals surface area contributed by atoms with Gasteiger partial charge in [-0.3, -0.25) is 0 Å². The van der Waals surface area contributed by atoms with Crippen LogP contribution in [-0.4, -0.2) is 7.11 Å². The highest BCUT2D eigenvalue weighted by molar-refractivity contribution is 9.10. The molecule has 0 heterocycles. The molecule has 0 saturated carbocycles. The second kappa shape index (κ2) is 6.99. The van der Waals surface area contributed by atoms with Gasteiger partial charge in [-0.2, -0.15) is 0 Å². The van der Waals surface area contributed by atoms with Crippen molar-refractivity contribution < 1.29 is 9.13 Å². The number of halogens is 4. The number of benzene rings is 2. The van der Waals surface area contributed by atoms with Crippen molar-refractivity contribution in [2.75, 3.05) is 12.4 Å². The first kappa shape index (κ1) is 16.6. The molecule has 1 atom stereocenters. The average molecular weight is 438 g/mol. The van der Waals surface area contributed by atoms with Gasteiger partial charge < -0.3 is 10.1 Å². The lowest BCUT2D eigenvalue weighted by atomic mass is 10.1. The maximum Gasteiger partial charge on any atom is 0.156 e. The fourth-order valence-electron chi connectivity index (χ4n) is 2.04. The molecule has 2 nitrogen and oxygen atoms in total. The van der Waals surface area contributed by atoms with E-state index in [-0.39, 0.29) is 11.9 Å². The Morgan fingerprint density at radius 1 is 1.24 bits per heavy atom. The minimum Gasteiger partial charge on any atom is -0.493 e. The van der Waals surface area contributed by atoms with Crippen LogP contribution in [0.3, 0.4) is 0 Å². The van der Waals surface area contributed by atoms with Gasteiger partial charge in [-0.15, -0.1) is 0 Å². The van der Waals surface area contributed by atoms with Crippen LogP contribution in [0.1, 0.15) is 18.5 Å². The van der Waals surface area contributed by atoms with Crippen LogP contribution in [0.15, 0.2) is 39.3 Å². The number of nitrogens with one attached hydrogen (secondary N) is 1. The van der Waals surface area contributed by atoms with Crippen LogP contribution in [0.2, 0.25) is 5.02 Å². The van der Waals surface area contributed by atoms with E-state index in [9.17, 15) is 4.39 Å². The lowest BCUT2D eigenvalue weighted by Crippen LogP contribution is -2.09. The molecule has 2 aromatic rings. The molecule has 2 aromatic carbocycles. The third-order valence-electron chi connectivity index (χ3n) is 3.01. The summed E-state index contributed by atoms with van der Waals surface area (Å²) in [6.07, 6.45) is 0. The Morgan fingerprint density at radius 3 is 2.57 bits per heavy atom. The molecule has 112 valence electrons. The number of hydrogen-bond acceptors (Lipinski definition) is 2. The molecule has 2 rings (SSSR count). The lowest BCUT2D eigenvalue weighted by Gasteiger charge is -2.19. The highest BCUT2D eigenvalue weighted by atomic mass is 79.9. The summed E-state index contributed by atoms with van der Waals surface area (Å²) in [5, 5.41) is 3.79. The standard InChI is InChI=1S/C15H13Br2ClFNO/c1-8(11-4-3-9(16)5-13(11)19)20-14-7-10(18)6-12(17)15(14)21-2/h3-8,20H,1-2H3. The fraction of sp³-hybridized carbons (Fsp3) is 0.200. The van der Waals surface area contributed by atoms with E-state index in [1.807, 2.05) is 13.0 Å². The van der Waals surface area contributed by atoms with Crippen molar-refractivity contribution in [3.63, 3.8) is 0 Å². The van der Waals surface area contributed by atoms with E-state index in [4.69, 9.17) is 16.3 Å². The zero-order valence-electron chi connectivity index (χ0n) is 11.4. The molecule has 21 heavy (non-hydrogen) atoms. The van der Waals surface area contributed by atoms with Crippen LogP contribution in [0.5, 0.6) is 5.75 Å². The van der Waals surface area contributed by atoms with E-state index >= 15 is 0 Å². The van der Waals surface area contributed by atoms with Crippen molar-refractivity contribution >= 4 is 49.1 Å². The highest BCUT2D eigenvalue weighted by Crippen LogP contribution is 2.38. The quantitative estimate of drug-likeness (QED) is 0.616. The van der Waals surface area contributed by atoms with E-state index < -0.39 is 0 Å². The average Bonchev–Trinajstić information content (AvgIpc) is 2.37. The normalized spacial score (nSPS) is 12.1. The molecule has 0 aliphatic heterocycles. The first-order valence-corrected chi connectivity index (χ1v) is 8.13. The van der Waals surface area contributed by atoms with Gasteiger partial charge in [0.25, 0.3) is 0 Å². The van der Waals surface area contributed by atoms with Gasteiger partial charge in [-0.1, -0.05) is 33.6 Å². The summed E-state index contributed by atoms with van der Waals surface area (Å²) in [7, 11) is 1.57. The molecule has 0 bridgehead atoms. The first-order chi connectivity index (χ1) is 9.92. The van der Waals surface area contributed by atoms with Crippen LogP contribution in [0.25, 0.3) is 0 Å². The lowest BCUT2D eigenvalue weighted by molar-refractivity contribution is 0.413. The number of hydrogen-bond donors (Lipinski definition) is 1. The maximum absolute atomic E-state index is 14.0. The second-order valence-corrected chi connectivity index (χ2v) is 6.71. The van der Waals surface area contributed by atoms with Crippen molar-refractivity contribution in [2.45, 2.75) is 13.0 Å². The van der Waals surface area contributed by atoms with Crippen molar-refractivity contribution in [1.82, 2.24) is 0 Å². The Hall–Kier alpha value is -0.780. The van der Waals surface area contributed by atoms with Crippen molar-refractivity contribution in [3.8, 4) is 5.75 Å². The van der Waals surface area contributed by atoms with Gasteiger partial charge in [-0.25, -0.2) is 4.39 Å². The summed E-state index contributed by atoms with van der Waals surface area (Å²) in [4.78, 5) is 0. The van der Waals surface area contributed by atoms with Gasteiger partial charge in [0.1, 0.15) is 5.82 Å². The van der Waals surface area contributed by atoms with Crippen molar-refractivity contribution in [3.05, 3.63) is 55.7 Å². The molecule has 0 radical (unpaired) electrons. The van der Waals surface area contributed by atoms with E-state index in [0.717, 1.165) is 4.47 Å². The van der Waals surface area contributed by atoms with Gasteiger partial charge in [0.15, 0.2) is 5.75 Å². The van der Waals surface area contributed by atoms with E-state index in [0.29, 0.717) is 26.5 Å². The molecular formula is C15H13Br2ClFNO. The molecular weight excluding hydrogens is 424 g/mol. The van der Waals surface area contributed by atoms with E-state index in [2.05, 4.69) is 37.2 Å². The Bertz CT molecular complexity index is 666. The minimum absolute atomic E-state index is 0.239. The highest BCUT2D eigenvalue weighted by Gasteiger charge is 2.15. The monoisotopic (exact) mass is 435 g/mol. The summed E-state index contributed by atoms with van der Waals surface area (Å²) in [5.41, 5.74) is 1.27. The van der Waals surface area contributed by atoms with Crippen LogP contribution < -0.4 is 10.1 Å². The van der Waals surface area contributed by atoms with Gasteiger partial charge >= 0.3 is 0 Å². The summed E-state index contributed by atoms with van der Waals surface area (Å²) < 4.78 is 20.8. The van der Waals surface area contributed by atoms with Gasteiger partial charge in [0, 0.05) is 15.1 Å². The number of methoxy groups -OCH3 is 1. The van der Waals surface area contributed by atoms with Gasteiger partial charge in [-0.05, 0) is 47.1 Å². The molecule has 0 fully saturated rings. The second-order valence-electron chi connectivity index (χ2n) is 4.50. The van der Waals surface area contributed by atoms with E-state index in [1.54, 1.807) is 25.3 Å². The largest absolute Gasteiger partial charge is 0.493 e. The molecule has 0 aliphatic carbocycles. The predicted octanol–water partition coefficient (Wildman–Crippen LogP) is 6.19. The summed E-state index contributed by atoms with van der Waals surface area (Å²) in [6.45, 7) is 1.88. The molecule has 0 aliphatic rings. The molecule has 0 spiro atoms. The topological polar surface area (TPSA) is 21.3 Å². The predicted molar refractivity (Wildman–Crippen MR) is 91.8 cm³/mol. The van der Waals surface area contributed by atoms with Crippen LogP contribution in [0, 0.1) is 5.82 Å². The van der Waals surface area contributed by atoms with Crippen LogP contribution in [0.4, 0.5) is 10.1 Å². The fourth-order valence-corrected chi connectivity index (χ4v) is 3.34. The molecule has 1 N–H and O–H groups in total. The summed E-state index contributed by atoms with van der Waals surface area (Å²) in [5.74, 6) is 0.355. The Balaban J connectivity index is 2.33. The Kier molecular flexibility index (Phi) is 5.52. The third kappa shape index (κ3) is 3.90. The molecule has 0 saturated heterocycles. The third-order valence-corrected chi connectivity index (χ3v) is 4.31. The molecule has 6 heteroatoms. The minimum atomic E-state index is -0.274. The summed E-state index contributed by atoms with van der Waals surface area (Å²) in [6, 6.07) is 8.25. The van der Waals surface area contributed by atoms with Crippen LogP contribution in [-0.2, 0) is 0 Å². The SMILES string of the molecule is COc1c(Br)cc(Cl)cc1NC(C)c1ccc(Br)cc1F. The van der Waals surface area contributed by atoms with E-state index in [1.165, 1.54) is 6.07 Å². The first-order valence-electron chi connectivity index (χ1n) is 6.17. The van der Waals surface area contributed by atoms with Crippen LogP contribution >= 0.6 is 43.5 Å². The van der Waals surface area contributed by atoms with Crippen molar-refractivity contribution in [2.24, 2.45) is 0 Å². The number of rotatable bonds is 4. The van der Waals surface area contributed by atoms with Gasteiger partial charge in [0.2, 0.25) is 0 Å². The number of anilines is 1.